The van der Waals surface area contributed by atoms with E-state index in [4.69, 9.17) is 4.74 Å². The third-order valence-electron chi connectivity index (χ3n) is 5.51. The summed E-state index contributed by atoms with van der Waals surface area (Å²) in [6.45, 7) is 0. The number of benzene rings is 1. The molecule has 0 unspecified atom stereocenters. The summed E-state index contributed by atoms with van der Waals surface area (Å²) >= 11 is 0. The van der Waals surface area contributed by atoms with Crippen LogP contribution in [0.2, 0.25) is 0 Å². The van der Waals surface area contributed by atoms with Gasteiger partial charge in [0.1, 0.15) is 17.6 Å². The lowest BCUT2D eigenvalue weighted by Gasteiger charge is -2.27. The molecule has 2 N–H and O–H groups in total. The van der Waals surface area contributed by atoms with Crippen molar-refractivity contribution in [1.82, 2.24) is 25.5 Å². The highest BCUT2D eigenvalue weighted by molar-refractivity contribution is 5.73. The highest BCUT2D eigenvalue weighted by Crippen LogP contribution is 2.33. The summed E-state index contributed by atoms with van der Waals surface area (Å²) in [5.74, 6) is 0.819. The fourth-order valence-corrected chi connectivity index (χ4v) is 3.92. The molecule has 0 aliphatic carbocycles. The van der Waals surface area contributed by atoms with Gasteiger partial charge < -0.3 is 15.2 Å². The second-order valence-corrected chi connectivity index (χ2v) is 7.53. The van der Waals surface area contributed by atoms with E-state index in [1.807, 2.05) is 24.3 Å². The van der Waals surface area contributed by atoms with Crippen molar-refractivity contribution in [3.05, 3.63) is 66.1 Å². The molecule has 0 radical (unpaired) electrons. The number of aromatic hydroxyl groups is 1. The van der Waals surface area contributed by atoms with Crippen molar-refractivity contribution in [2.24, 2.45) is 0 Å². The van der Waals surface area contributed by atoms with Gasteiger partial charge in [-0.1, -0.05) is 18.2 Å². The summed E-state index contributed by atoms with van der Waals surface area (Å²) in [4.78, 5) is 8.41. The van der Waals surface area contributed by atoms with Gasteiger partial charge in [0.2, 0.25) is 5.88 Å². The maximum Gasteiger partial charge on any atom is 0.213 e. The van der Waals surface area contributed by atoms with E-state index in [1.54, 1.807) is 43.8 Å². The minimum Gasteiger partial charge on any atom is -0.507 e. The topological polar surface area (TPSA) is 93.0 Å². The van der Waals surface area contributed by atoms with E-state index in [0.29, 0.717) is 35.0 Å². The number of hydrogen-bond donors (Lipinski definition) is 2. The molecule has 4 heterocycles. The Morgan fingerprint density at radius 2 is 2.00 bits per heavy atom. The highest BCUT2D eigenvalue weighted by Gasteiger charge is 2.34. The SMILES string of the molecule is COc1cc(-c2ccc(-c3ncc(/C=C4\C[C@H]5C=C[C@H](N5)[C@@H]4F)nn3)c(O)c2)ccn1. The van der Waals surface area contributed by atoms with Gasteiger partial charge >= 0.3 is 0 Å². The van der Waals surface area contributed by atoms with E-state index < -0.39 is 6.17 Å². The molecule has 2 bridgehead atoms. The van der Waals surface area contributed by atoms with Crippen LogP contribution < -0.4 is 10.1 Å². The third-order valence-corrected chi connectivity index (χ3v) is 5.51. The van der Waals surface area contributed by atoms with Gasteiger partial charge in [-0.2, -0.15) is 0 Å². The molecule has 2 aromatic heterocycles. The Kier molecular flexibility index (Phi) is 4.91. The lowest BCUT2D eigenvalue weighted by Crippen LogP contribution is -2.43. The van der Waals surface area contributed by atoms with Crippen LogP contribution in [0.5, 0.6) is 11.6 Å². The summed E-state index contributed by atoms with van der Waals surface area (Å²) in [6.07, 6.45) is 8.28. The zero-order valence-electron chi connectivity index (χ0n) is 16.7. The summed E-state index contributed by atoms with van der Waals surface area (Å²) < 4.78 is 19.7. The first-order valence-electron chi connectivity index (χ1n) is 9.93. The summed E-state index contributed by atoms with van der Waals surface area (Å²) in [7, 11) is 1.55. The number of pyridine rings is 1. The predicted octanol–water partition coefficient (Wildman–Crippen LogP) is 3.34. The smallest absolute Gasteiger partial charge is 0.213 e. The molecule has 0 spiro atoms. The number of nitrogens with one attached hydrogen (secondary N) is 1. The molecule has 8 heteroatoms. The van der Waals surface area contributed by atoms with Gasteiger partial charge in [-0.3, -0.25) is 0 Å². The minimum atomic E-state index is -1.08. The molecule has 156 valence electrons. The van der Waals surface area contributed by atoms with E-state index >= 15 is 0 Å². The highest BCUT2D eigenvalue weighted by atomic mass is 19.1. The number of phenolic OH excluding ortho intramolecular Hbond substituents is 1. The number of nitrogens with zero attached hydrogens (tertiary/aromatic N) is 4. The largest absolute Gasteiger partial charge is 0.507 e. The lowest BCUT2D eigenvalue weighted by molar-refractivity contribution is 0.285. The minimum absolute atomic E-state index is 0.0333. The van der Waals surface area contributed by atoms with Crippen LogP contribution in [0.3, 0.4) is 0 Å². The predicted molar refractivity (Wildman–Crippen MR) is 114 cm³/mol. The van der Waals surface area contributed by atoms with Gasteiger partial charge in [-0.15, -0.1) is 10.2 Å². The number of ether oxygens (including phenoxy) is 1. The quantitative estimate of drug-likeness (QED) is 0.629. The van der Waals surface area contributed by atoms with Crippen molar-refractivity contribution in [2.45, 2.75) is 24.7 Å². The first kappa shape index (κ1) is 19.3. The van der Waals surface area contributed by atoms with Gasteiger partial charge in [-0.05, 0) is 47.4 Å². The molecule has 1 saturated heterocycles. The number of rotatable bonds is 4. The molecule has 0 saturated carbocycles. The first-order chi connectivity index (χ1) is 15.1. The van der Waals surface area contributed by atoms with Crippen LogP contribution in [-0.4, -0.2) is 50.6 Å². The zero-order chi connectivity index (χ0) is 21.4. The Bertz CT molecular complexity index is 1180. The number of halogens is 1. The summed E-state index contributed by atoms with van der Waals surface area (Å²) in [6, 6.07) is 8.73. The van der Waals surface area contributed by atoms with E-state index in [1.165, 1.54) is 0 Å². The van der Waals surface area contributed by atoms with Crippen LogP contribution in [0.25, 0.3) is 28.6 Å². The molecule has 5 rings (SSSR count). The van der Waals surface area contributed by atoms with E-state index in [-0.39, 0.29) is 17.8 Å². The third kappa shape index (κ3) is 3.77. The van der Waals surface area contributed by atoms with Crippen molar-refractivity contribution < 1.29 is 14.2 Å². The van der Waals surface area contributed by atoms with Crippen molar-refractivity contribution in [3.8, 4) is 34.1 Å². The van der Waals surface area contributed by atoms with Crippen molar-refractivity contribution in [3.63, 3.8) is 0 Å². The van der Waals surface area contributed by atoms with Crippen LogP contribution in [0.4, 0.5) is 4.39 Å². The van der Waals surface area contributed by atoms with Crippen molar-refractivity contribution in [1.29, 1.82) is 0 Å². The average Bonchev–Trinajstić information content (AvgIpc) is 3.21. The second kappa shape index (κ2) is 7.88. The van der Waals surface area contributed by atoms with E-state index in [0.717, 1.165) is 11.1 Å². The average molecular weight is 417 g/mol. The van der Waals surface area contributed by atoms with Crippen LogP contribution in [0, 0.1) is 0 Å². The molecule has 31 heavy (non-hydrogen) atoms. The maximum absolute atomic E-state index is 14.6. The molecule has 1 fully saturated rings. The standard InChI is InChI=1S/C23H20FN5O2/c1-31-21-11-14(6-7-25-21)13-2-4-18(20(30)10-13)23-26-12-17(28-29-23)9-15-8-16-3-5-19(27-16)22(15)24/h2-7,9-12,16,19,22,27,30H,8H2,1H3/b15-9+/t16-,19+,22-/m1/s1. The van der Waals surface area contributed by atoms with Crippen LogP contribution >= 0.6 is 0 Å². The van der Waals surface area contributed by atoms with E-state index in [2.05, 4.69) is 25.5 Å². The molecule has 3 aromatic rings. The molecule has 1 aromatic carbocycles. The summed E-state index contributed by atoms with van der Waals surface area (Å²) in [5, 5.41) is 22.0. The number of hydrogen-bond acceptors (Lipinski definition) is 7. The molecular formula is C23H20FN5O2. The summed E-state index contributed by atoms with van der Waals surface area (Å²) in [5.41, 5.74) is 3.30. The van der Waals surface area contributed by atoms with E-state index in [9.17, 15) is 9.50 Å². The Balaban J connectivity index is 1.38. The Labute approximate surface area is 178 Å². The molecular weight excluding hydrogens is 397 g/mol. The first-order valence-corrected chi connectivity index (χ1v) is 9.93. The number of fused-ring (bicyclic) bond motifs is 2. The molecule has 0 amide bonds. The number of aromatic nitrogens is 4. The Morgan fingerprint density at radius 3 is 2.77 bits per heavy atom. The monoisotopic (exact) mass is 417 g/mol. The van der Waals surface area contributed by atoms with Crippen LogP contribution in [0.1, 0.15) is 12.1 Å². The normalized spacial score (nSPS) is 23.3. The molecule has 7 nitrogen and oxygen atoms in total. The molecule has 2 aliphatic rings. The zero-order valence-corrected chi connectivity index (χ0v) is 16.7. The van der Waals surface area contributed by atoms with Gasteiger partial charge in [0.05, 0.1) is 24.9 Å². The fourth-order valence-electron chi connectivity index (χ4n) is 3.92. The van der Waals surface area contributed by atoms with Gasteiger partial charge in [0.25, 0.3) is 0 Å². The number of alkyl halides is 1. The van der Waals surface area contributed by atoms with Crippen molar-refractivity contribution >= 4 is 6.08 Å². The van der Waals surface area contributed by atoms with Crippen LogP contribution in [0.15, 0.2) is 60.5 Å². The number of phenols is 1. The fraction of sp³-hybridized carbons (Fsp3) is 0.217. The maximum atomic E-state index is 14.6. The molecule has 2 aliphatic heterocycles. The number of methoxy groups -OCH3 is 1. The van der Waals surface area contributed by atoms with Gasteiger partial charge in [0.15, 0.2) is 5.82 Å². The molecule has 3 atom stereocenters. The van der Waals surface area contributed by atoms with Crippen LogP contribution in [-0.2, 0) is 0 Å². The second-order valence-electron chi connectivity index (χ2n) is 7.53. The number of piperidine rings is 1. The lowest BCUT2D eigenvalue weighted by atomic mass is 9.95. The van der Waals surface area contributed by atoms with Gasteiger partial charge in [0, 0.05) is 18.3 Å². The Morgan fingerprint density at radius 1 is 1.13 bits per heavy atom. The van der Waals surface area contributed by atoms with Gasteiger partial charge in [-0.25, -0.2) is 14.4 Å². The Hall–Kier alpha value is -3.65. The van der Waals surface area contributed by atoms with Crippen molar-refractivity contribution in [2.75, 3.05) is 7.11 Å².